The molecule has 0 radical (unpaired) electrons. The number of pyridine rings is 2. The summed E-state index contributed by atoms with van der Waals surface area (Å²) in [6.45, 7) is 0. The minimum atomic E-state index is 0.412. The molecular formula is C18H19N7. The fraction of sp³-hybridized carbons (Fsp3) is 0.278. The van der Waals surface area contributed by atoms with Crippen LogP contribution in [0.3, 0.4) is 0 Å². The third-order valence-electron chi connectivity index (χ3n) is 5.11. The second-order valence-electron chi connectivity index (χ2n) is 6.72. The molecule has 0 bridgehead atoms. The first kappa shape index (κ1) is 14.3. The number of hydrogen-bond acceptors (Lipinski definition) is 5. The first-order valence-electron chi connectivity index (χ1n) is 8.55. The zero-order valence-electron chi connectivity index (χ0n) is 13.7. The van der Waals surface area contributed by atoms with Gasteiger partial charge in [0.15, 0.2) is 5.65 Å². The number of anilines is 2. The van der Waals surface area contributed by atoms with Crippen LogP contribution in [0.15, 0.2) is 36.8 Å². The van der Waals surface area contributed by atoms with Gasteiger partial charge in [-0.2, -0.15) is 0 Å². The molecule has 4 heterocycles. The molecule has 0 aromatic carbocycles. The molecule has 126 valence electrons. The van der Waals surface area contributed by atoms with E-state index in [1.165, 1.54) is 11.1 Å². The van der Waals surface area contributed by atoms with Gasteiger partial charge in [-0.1, -0.05) is 0 Å². The van der Waals surface area contributed by atoms with Crippen LogP contribution in [0.4, 0.5) is 11.5 Å². The minimum absolute atomic E-state index is 0.412. The van der Waals surface area contributed by atoms with Crippen molar-refractivity contribution in [3.8, 4) is 0 Å². The van der Waals surface area contributed by atoms with E-state index in [9.17, 15) is 0 Å². The quantitative estimate of drug-likeness (QED) is 0.460. The lowest BCUT2D eigenvalue weighted by Crippen LogP contribution is -2.16. The predicted octanol–water partition coefficient (Wildman–Crippen LogP) is 3.16. The van der Waals surface area contributed by atoms with Gasteiger partial charge in [-0.3, -0.25) is 5.10 Å². The maximum Gasteiger partial charge on any atom is 0.159 e. The van der Waals surface area contributed by atoms with Crippen LogP contribution in [0.2, 0.25) is 0 Å². The largest absolute Gasteiger partial charge is 0.397 e. The molecule has 2 atom stereocenters. The molecule has 1 aliphatic carbocycles. The molecule has 5 rings (SSSR count). The van der Waals surface area contributed by atoms with Gasteiger partial charge in [0.05, 0.1) is 23.6 Å². The fourth-order valence-electron chi connectivity index (χ4n) is 3.92. The second-order valence-corrected chi connectivity index (χ2v) is 6.72. The maximum atomic E-state index is 5.70. The minimum Gasteiger partial charge on any atom is -0.397 e. The van der Waals surface area contributed by atoms with Crippen LogP contribution in [0.1, 0.15) is 30.9 Å². The van der Waals surface area contributed by atoms with Crippen molar-refractivity contribution >= 4 is 33.4 Å². The van der Waals surface area contributed by atoms with E-state index >= 15 is 0 Å². The van der Waals surface area contributed by atoms with Gasteiger partial charge >= 0.3 is 0 Å². The normalized spacial score (nSPS) is 20.5. The molecule has 1 aliphatic rings. The summed E-state index contributed by atoms with van der Waals surface area (Å²) >= 11 is 0. The molecule has 1 fully saturated rings. The average Bonchev–Trinajstić information content (AvgIpc) is 3.34. The lowest BCUT2D eigenvalue weighted by Gasteiger charge is -2.14. The molecule has 5 N–H and O–H groups in total. The van der Waals surface area contributed by atoms with Gasteiger partial charge in [0.2, 0.25) is 0 Å². The van der Waals surface area contributed by atoms with Crippen molar-refractivity contribution < 1.29 is 0 Å². The Morgan fingerprint density at radius 1 is 1.04 bits per heavy atom. The number of hydrogen-bond donors (Lipinski definition) is 4. The molecule has 0 aliphatic heterocycles. The van der Waals surface area contributed by atoms with Gasteiger partial charge in [-0.15, -0.1) is 0 Å². The van der Waals surface area contributed by atoms with Crippen LogP contribution < -0.4 is 11.1 Å². The number of rotatable bonds is 3. The Bertz CT molecular complexity index is 1030. The van der Waals surface area contributed by atoms with Crippen molar-refractivity contribution in [2.75, 3.05) is 11.1 Å². The Hall–Kier alpha value is -3.09. The van der Waals surface area contributed by atoms with Crippen LogP contribution in [0.5, 0.6) is 0 Å². The molecule has 4 aromatic rings. The van der Waals surface area contributed by atoms with Crippen LogP contribution >= 0.6 is 0 Å². The van der Waals surface area contributed by atoms with Crippen LogP contribution in [0.25, 0.3) is 21.9 Å². The van der Waals surface area contributed by atoms with Gasteiger partial charge in [-0.05, 0) is 37.5 Å². The van der Waals surface area contributed by atoms with Crippen molar-refractivity contribution in [3.63, 3.8) is 0 Å². The van der Waals surface area contributed by atoms with Crippen molar-refractivity contribution in [1.29, 1.82) is 0 Å². The fourth-order valence-corrected chi connectivity index (χ4v) is 3.92. The third kappa shape index (κ3) is 2.39. The first-order chi connectivity index (χ1) is 12.3. The number of nitrogens with zero attached hydrogens (tertiary/aromatic N) is 3. The van der Waals surface area contributed by atoms with E-state index in [0.717, 1.165) is 41.6 Å². The number of nitrogen functional groups attached to an aromatic ring is 1. The van der Waals surface area contributed by atoms with E-state index in [0.29, 0.717) is 17.6 Å². The highest BCUT2D eigenvalue weighted by molar-refractivity contribution is 6.04. The van der Waals surface area contributed by atoms with Gasteiger partial charge in [-0.25, -0.2) is 15.0 Å². The van der Waals surface area contributed by atoms with E-state index in [1.54, 1.807) is 6.20 Å². The van der Waals surface area contributed by atoms with Crippen molar-refractivity contribution in [2.45, 2.75) is 31.2 Å². The topological polar surface area (TPSA) is 108 Å². The smallest absolute Gasteiger partial charge is 0.159 e. The second kappa shape index (κ2) is 5.47. The first-order valence-corrected chi connectivity index (χ1v) is 8.55. The van der Waals surface area contributed by atoms with Crippen molar-refractivity contribution in [1.82, 2.24) is 25.1 Å². The average molecular weight is 333 g/mol. The Labute approximate surface area is 144 Å². The molecule has 4 aromatic heterocycles. The summed E-state index contributed by atoms with van der Waals surface area (Å²) in [7, 11) is 0. The Balaban J connectivity index is 1.42. The van der Waals surface area contributed by atoms with Crippen molar-refractivity contribution in [2.24, 2.45) is 0 Å². The summed E-state index contributed by atoms with van der Waals surface area (Å²) < 4.78 is 0. The highest BCUT2D eigenvalue weighted by Crippen LogP contribution is 2.39. The zero-order chi connectivity index (χ0) is 16.8. The van der Waals surface area contributed by atoms with E-state index in [2.05, 4.69) is 30.5 Å². The molecule has 0 spiro atoms. The summed E-state index contributed by atoms with van der Waals surface area (Å²) in [6.07, 6.45) is 8.67. The standard InChI is InChI=1S/C18H19N7/c19-11-2-4-15(21-8-11)23-12-3-1-10(7-12)17-16-13-5-6-20-18(13)22-9-14(16)24-25-17/h2,4-6,8-10,12,24-25H,1,3,7,19H2,(H,21,23)/t10-,12-/m0/s1. The monoisotopic (exact) mass is 333 g/mol. The summed E-state index contributed by atoms with van der Waals surface area (Å²) in [5.41, 5.74) is 9.48. The Morgan fingerprint density at radius 3 is 2.88 bits per heavy atom. The number of aromatic nitrogens is 5. The third-order valence-corrected chi connectivity index (χ3v) is 5.11. The molecule has 7 nitrogen and oxygen atoms in total. The zero-order valence-corrected chi connectivity index (χ0v) is 13.7. The Morgan fingerprint density at radius 2 is 2.00 bits per heavy atom. The SMILES string of the molecule is Nc1ccc(N[C@H]2CC[C@H](c3[nH][nH]c4cnc5nccc5c34)C2)nc1. The molecule has 0 saturated heterocycles. The number of H-pyrrole nitrogens is 2. The molecular weight excluding hydrogens is 314 g/mol. The van der Waals surface area contributed by atoms with Crippen LogP contribution in [-0.4, -0.2) is 31.2 Å². The number of nitrogens with one attached hydrogen (secondary N) is 3. The van der Waals surface area contributed by atoms with E-state index in [1.807, 2.05) is 30.6 Å². The Kier molecular flexibility index (Phi) is 3.12. The van der Waals surface area contributed by atoms with Gasteiger partial charge < -0.3 is 16.1 Å². The highest BCUT2D eigenvalue weighted by Gasteiger charge is 2.29. The highest BCUT2D eigenvalue weighted by atomic mass is 15.1. The summed E-state index contributed by atoms with van der Waals surface area (Å²) in [4.78, 5) is 13.1. The molecule has 0 amide bonds. The maximum absolute atomic E-state index is 5.70. The van der Waals surface area contributed by atoms with Gasteiger partial charge in [0.1, 0.15) is 5.82 Å². The number of aromatic amines is 2. The summed E-state index contributed by atoms with van der Waals surface area (Å²) in [6, 6.07) is 6.26. The number of nitrogens with two attached hydrogens (primary N) is 1. The number of fused-ring (bicyclic) bond motifs is 3. The lowest BCUT2D eigenvalue weighted by atomic mass is 9.99. The van der Waals surface area contributed by atoms with Crippen LogP contribution in [0, 0.1) is 0 Å². The van der Waals surface area contributed by atoms with Gasteiger partial charge in [0.25, 0.3) is 0 Å². The molecule has 7 heteroatoms. The van der Waals surface area contributed by atoms with Crippen LogP contribution in [-0.2, 0) is 0 Å². The van der Waals surface area contributed by atoms with E-state index in [4.69, 9.17) is 5.73 Å². The summed E-state index contributed by atoms with van der Waals surface area (Å²) in [5.74, 6) is 1.36. The molecule has 25 heavy (non-hydrogen) atoms. The van der Waals surface area contributed by atoms with E-state index < -0.39 is 0 Å². The van der Waals surface area contributed by atoms with Gasteiger partial charge in [0, 0.05) is 34.6 Å². The lowest BCUT2D eigenvalue weighted by molar-refractivity contribution is 0.682. The predicted molar refractivity (Wildman–Crippen MR) is 98.4 cm³/mol. The molecule has 0 unspecified atom stereocenters. The van der Waals surface area contributed by atoms with E-state index in [-0.39, 0.29) is 0 Å². The summed E-state index contributed by atoms with van der Waals surface area (Å²) in [5, 5.41) is 12.5. The molecule has 1 saturated carbocycles. The van der Waals surface area contributed by atoms with Crippen molar-refractivity contribution in [3.05, 3.63) is 42.5 Å².